The third-order valence-electron chi connectivity index (χ3n) is 5.47. The van der Waals surface area contributed by atoms with Crippen LogP contribution in [0, 0.1) is 5.41 Å². The standard InChI is InChI=1S/C24H27F2NO5/c1-6-31-23(29)16-13-27-17(12-18(16)28)15-11-19(30-5)20(32-8-7-22(25)26)9-14(15)10-21(27)24(2,3)4/h7,9,11-13,21H,6,8,10H2,1-5H3. The van der Waals surface area contributed by atoms with Gasteiger partial charge in [0.1, 0.15) is 12.2 Å². The summed E-state index contributed by atoms with van der Waals surface area (Å²) in [6.07, 6.45) is 1.02. The van der Waals surface area contributed by atoms with Crippen molar-refractivity contribution in [3.8, 4) is 22.8 Å². The Balaban J connectivity index is 2.18. The van der Waals surface area contributed by atoms with Crippen LogP contribution < -0.4 is 14.9 Å². The van der Waals surface area contributed by atoms with Crippen LogP contribution in [0.3, 0.4) is 0 Å². The molecule has 3 rings (SSSR count). The fraction of sp³-hybridized carbons (Fsp3) is 0.417. The molecule has 172 valence electrons. The highest BCUT2D eigenvalue weighted by molar-refractivity contribution is 5.89. The molecule has 0 saturated heterocycles. The number of pyridine rings is 1. The molecule has 32 heavy (non-hydrogen) atoms. The molecular weight excluding hydrogens is 420 g/mol. The van der Waals surface area contributed by atoms with Crippen LogP contribution in [-0.2, 0) is 11.2 Å². The van der Waals surface area contributed by atoms with Crippen molar-refractivity contribution in [2.45, 2.75) is 40.2 Å². The summed E-state index contributed by atoms with van der Waals surface area (Å²) in [5.74, 6) is 0.0511. The van der Waals surface area contributed by atoms with Gasteiger partial charge in [0, 0.05) is 29.9 Å². The van der Waals surface area contributed by atoms with Crippen LogP contribution in [0.15, 0.2) is 41.3 Å². The van der Waals surface area contributed by atoms with Crippen molar-refractivity contribution in [2.24, 2.45) is 5.41 Å². The van der Waals surface area contributed by atoms with Gasteiger partial charge in [-0.15, -0.1) is 0 Å². The average molecular weight is 447 g/mol. The van der Waals surface area contributed by atoms with Crippen LogP contribution in [0.5, 0.6) is 11.5 Å². The van der Waals surface area contributed by atoms with Gasteiger partial charge in [0.25, 0.3) is 6.08 Å². The van der Waals surface area contributed by atoms with Gasteiger partial charge in [0.05, 0.1) is 19.4 Å². The van der Waals surface area contributed by atoms with E-state index in [2.05, 4.69) is 20.8 Å². The summed E-state index contributed by atoms with van der Waals surface area (Å²) in [6, 6.07) is 4.85. The number of halogens is 2. The second-order valence-corrected chi connectivity index (χ2v) is 8.62. The lowest BCUT2D eigenvalue weighted by molar-refractivity contribution is 0.0523. The second kappa shape index (κ2) is 9.14. The van der Waals surface area contributed by atoms with Gasteiger partial charge in [-0.3, -0.25) is 4.79 Å². The van der Waals surface area contributed by atoms with Crippen LogP contribution in [-0.4, -0.2) is 30.9 Å². The van der Waals surface area contributed by atoms with Crippen LogP contribution >= 0.6 is 0 Å². The highest BCUT2D eigenvalue weighted by Gasteiger charge is 2.34. The number of carbonyl (C=O) groups excluding carboxylic acids is 1. The van der Waals surface area contributed by atoms with E-state index in [0.717, 1.165) is 11.1 Å². The zero-order valence-corrected chi connectivity index (χ0v) is 18.8. The summed E-state index contributed by atoms with van der Waals surface area (Å²) in [7, 11) is 1.46. The van der Waals surface area contributed by atoms with Gasteiger partial charge in [-0.05, 0) is 36.5 Å². The van der Waals surface area contributed by atoms with Crippen LogP contribution in [0.25, 0.3) is 11.3 Å². The zero-order chi connectivity index (χ0) is 23.6. The molecular formula is C24H27F2NO5. The smallest absolute Gasteiger partial charge is 0.343 e. The molecule has 2 heterocycles. The van der Waals surface area contributed by atoms with Crippen molar-refractivity contribution < 1.29 is 27.8 Å². The maximum atomic E-state index is 12.8. The number of hydrogen-bond donors (Lipinski definition) is 0. The SMILES string of the molecule is CCOC(=O)c1cn2c(cc1=O)-c1cc(OC)c(OCC=C(F)F)cc1CC2C(C)(C)C. The minimum atomic E-state index is -1.82. The molecule has 1 aromatic heterocycles. The number of hydrogen-bond acceptors (Lipinski definition) is 5. The summed E-state index contributed by atoms with van der Waals surface area (Å²) < 4.78 is 42.7. The largest absolute Gasteiger partial charge is 0.493 e. The summed E-state index contributed by atoms with van der Waals surface area (Å²) in [6.45, 7) is 7.79. The van der Waals surface area contributed by atoms with Gasteiger partial charge >= 0.3 is 5.97 Å². The minimum Gasteiger partial charge on any atom is -0.493 e. The second-order valence-electron chi connectivity index (χ2n) is 8.62. The molecule has 6 nitrogen and oxygen atoms in total. The van der Waals surface area contributed by atoms with Gasteiger partial charge in [0.15, 0.2) is 16.9 Å². The normalized spacial score (nSPS) is 14.8. The highest BCUT2D eigenvalue weighted by atomic mass is 19.3. The number of aromatic nitrogens is 1. The molecule has 0 saturated carbocycles. The first-order chi connectivity index (χ1) is 15.1. The van der Waals surface area contributed by atoms with E-state index in [0.29, 0.717) is 29.7 Å². The van der Waals surface area contributed by atoms with E-state index >= 15 is 0 Å². The van der Waals surface area contributed by atoms with E-state index in [9.17, 15) is 18.4 Å². The van der Waals surface area contributed by atoms with Gasteiger partial charge in [-0.2, -0.15) is 8.78 Å². The monoisotopic (exact) mass is 447 g/mol. The molecule has 1 atom stereocenters. The van der Waals surface area contributed by atoms with Gasteiger partial charge in [-0.25, -0.2) is 4.79 Å². The van der Waals surface area contributed by atoms with Crippen molar-refractivity contribution in [1.29, 1.82) is 0 Å². The molecule has 0 N–H and O–H groups in total. The predicted octanol–water partition coefficient (Wildman–Crippen LogP) is 5.00. The average Bonchev–Trinajstić information content (AvgIpc) is 2.71. The number of methoxy groups -OCH3 is 1. The molecule has 0 spiro atoms. The molecule has 1 aliphatic rings. The summed E-state index contributed by atoms with van der Waals surface area (Å²) >= 11 is 0. The van der Waals surface area contributed by atoms with Crippen molar-refractivity contribution >= 4 is 5.97 Å². The van der Waals surface area contributed by atoms with E-state index in [1.54, 1.807) is 25.3 Å². The predicted molar refractivity (Wildman–Crippen MR) is 117 cm³/mol. The Morgan fingerprint density at radius 3 is 2.53 bits per heavy atom. The first kappa shape index (κ1) is 23.5. The Labute approximate surface area is 185 Å². The Bertz CT molecular complexity index is 1110. The van der Waals surface area contributed by atoms with Crippen molar-refractivity contribution in [1.82, 2.24) is 4.57 Å². The first-order valence-electron chi connectivity index (χ1n) is 10.3. The van der Waals surface area contributed by atoms with E-state index in [1.165, 1.54) is 13.2 Å². The van der Waals surface area contributed by atoms with E-state index in [4.69, 9.17) is 14.2 Å². The van der Waals surface area contributed by atoms with Crippen molar-refractivity contribution in [3.63, 3.8) is 0 Å². The Morgan fingerprint density at radius 2 is 1.94 bits per heavy atom. The Kier molecular flexibility index (Phi) is 6.71. The molecule has 0 amide bonds. The van der Waals surface area contributed by atoms with Gasteiger partial charge < -0.3 is 18.8 Å². The highest BCUT2D eigenvalue weighted by Crippen LogP contribution is 2.45. The molecule has 0 aliphatic carbocycles. The zero-order valence-electron chi connectivity index (χ0n) is 18.8. The molecule has 8 heteroatoms. The molecule has 0 radical (unpaired) electrons. The summed E-state index contributed by atoms with van der Waals surface area (Å²) in [5, 5.41) is 0. The summed E-state index contributed by atoms with van der Waals surface area (Å²) in [4.78, 5) is 25.1. The fourth-order valence-corrected chi connectivity index (χ4v) is 3.89. The van der Waals surface area contributed by atoms with Gasteiger partial charge in [-0.1, -0.05) is 20.8 Å². The van der Waals surface area contributed by atoms with Crippen molar-refractivity contribution in [3.05, 3.63) is 57.9 Å². The Morgan fingerprint density at radius 1 is 1.22 bits per heavy atom. The lowest BCUT2D eigenvalue weighted by Crippen LogP contribution is -2.33. The topological polar surface area (TPSA) is 66.8 Å². The molecule has 0 bridgehead atoms. The van der Waals surface area contributed by atoms with Crippen LogP contribution in [0.1, 0.15) is 49.7 Å². The molecule has 2 aromatic rings. The van der Waals surface area contributed by atoms with Crippen molar-refractivity contribution in [2.75, 3.05) is 20.3 Å². The van der Waals surface area contributed by atoms with Crippen LogP contribution in [0.4, 0.5) is 8.78 Å². The molecule has 1 aliphatic heterocycles. The maximum Gasteiger partial charge on any atom is 0.343 e. The quantitative estimate of drug-likeness (QED) is 0.583. The van der Waals surface area contributed by atoms with Crippen LogP contribution in [0.2, 0.25) is 0 Å². The lowest BCUT2D eigenvalue weighted by atomic mass is 9.78. The number of esters is 1. The van der Waals surface area contributed by atoms with Gasteiger partial charge in [0.2, 0.25) is 0 Å². The minimum absolute atomic E-state index is 0.0137. The fourth-order valence-electron chi connectivity index (χ4n) is 3.89. The maximum absolute atomic E-state index is 12.8. The number of carbonyl (C=O) groups is 1. The summed E-state index contributed by atoms with van der Waals surface area (Å²) in [5.41, 5.74) is 1.64. The molecule has 1 aromatic carbocycles. The van der Waals surface area contributed by atoms with E-state index in [-0.39, 0.29) is 30.2 Å². The number of fused-ring (bicyclic) bond motifs is 3. The third-order valence-corrected chi connectivity index (χ3v) is 5.47. The van der Waals surface area contributed by atoms with E-state index in [1.807, 2.05) is 4.57 Å². The van der Waals surface area contributed by atoms with E-state index < -0.39 is 17.5 Å². The number of benzene rings is 1. The Hall–Kier alpha value is -3.16. The number of rotatable bonds is 6. The number of ether oxygens (including phenoxy) is 3. The third kappa shape index (κ3) is 4.69. The molecule has 0 fully saturated rings. The lowest BCUT2D eigenvalue weighted by Gasteiger charge is -2.39. The molecule has 1 unspecified atom stereocenters. The number of nitrogens with zero attached hydrogens (tertiary/aromatic N) is 1. The first-order valence-corrected chi connectivity index (χ1v) is 10.3.